The van der Waals surface area contributed by atoms with Crippen LogP contribution < -0.4 is 0 Å². The first-order valence-corrected chi connectivity index (χ1v) is 7.54. The van der Waals surface area contributed by atoms with E-state index in [1.54, 1.807) is 11.0 Å². The van der Waals surface area contributed by atoms with Gasteiger partial charge in [-0.05, 0) is 31.7 Å². The monoisotopic (exact) mass is 299 g/mol. The molecule has 0 saturated carbocycles. The molecule has 3 rings (SSSR count). The van der Waals surface area contributed by atoms with Gasteiger partial charge in [0.2, 0.25) is 0 Å². The van der Waals surface area contributed by atoms with E-state index in [0.717, 1.165) is 30.8 Å². The SMILES string of the molecule is C[C@@H]1CN(C)CCN1C(=O)c1ccc(Cn2cncn2)cc1. The number of likely N-dealkylation sites (N-methyl/N-ethyl adjacent to an activating group) is 1. The molecule has 1 fully saturated rings. The number of rotatable bonds is 3. The Balaban J connectivity index is 1.68. The van der Waals surface area contributed by atoms with E-state index in [2.05, 4.69) is 29.0 Å². The van der Waals surface area contributed by atoms with Crippen molar-refractivity contribution in [1.82, 2.24) is 24.6 Å². The summed E-state index contributed by atoms with van der Waals surface area (Å²) in [5, 5.41) is 4.09. The van der Waals surface area contributed by atoms with Gasteiger partial charge in [0.15, 0.2) is 0 Å². The standard InChI is InChI=1S/C16H21N5O/c1-13-9-19(2)7-8-21(13)16(22)15-5-3-14(4-6-15)10-20-12-17-11-18-20/h3-6,11-13H,7-10H2,1-2H3/t13-/m1/s1. The van der Waals surface area contributed by atoms with E-state index < -0.39 is 0 Å². The smallest absolute Gasteiger partial charge is 0.254 e. The average molecular weight is 299 g/mol. The number of carbonyl (C=O) groups is 1. The van der Waals surface area contributed by atoms with Gasteiger partial charge in [-0.1, -0.05) is 12.1 Å². The Bertz CT molecular complexity index is 622. The summed E-state index contributed by atoms with van der Waals surface area (Å²) in [7, 11) is 2.09. The summed E-state index contributed by atoms with van der Waals surface area (Å²) in [4.78, 5) is 20.8. The minimum absolute atomic E-state index is 0.118. The lowest BCUT2D eigenvalue weighted by atomic mass is 10.1. The zero-order valence-corrected chi connectivity index (χ0v) is 13.0. The van der Waals surface area contributed by atoms with E-state index in [1.807, 2.05) is 29.2 Å². The van der Waals surface area contributed by atoms with Crippen LogP contribution in [0.2, 0.25) is 0 Å². The van der Waals surface area contributed by atoms with Crippen molar-refractivity contribution in [3.8, 4) is 0 Å². The van der Waals surface area contributed by atoms with Gasteiger partial charge in [-0.2, -0.15) is 5.10 Å². The van der Waals surface area contributed by atoms with Gasteiger partial charge < -0.3 is 9.80 Å². The maximum atomic E-state index is 12.6. The second kappa shape index (κ2) is 6.27. The molecule has 0 spiro atoms. The molecule has 2 heterocycles. The van der Waals surface area contributed by atoms with Gasteiger partial charge in [-0.25, -0.2) is 9.67 Å². The maximum Gasteiger partial charge on any atom is 0.254 e. The quantitative estimate of drug-likeness (QED) is 0.852. The number of piperazine rings is 1. The van der Waals surface area contributed by atoms with Crippen molar-refractivity contribution in [3.63, 3.8) is 0 Å². The normalized spacial score (nSPS) is 19.4. The van der Waals surface area contributed by atoms with Gasteiger partial charge in [-0.15, -0.1) is 0 Å². The summed E-state index contributed by atoms with van der Waals surface area (Å²) >= 11 is 0. The summed E-state index contributed by atoms with van der Waals surface area (Å²) in [6, 6.07) is 8.02. The summed E-state index contributed by atoms with van der Waals surface area (Å²) < 4.78 is 1.76. The first-order valence-electron chi connectivity index (χ1n) is 7.54. The van der Waals surface area contributed by atoms with Crippen LogP contribution in [0, 0.1) is 0 Å². The molecule has 1 saturated heterocycles. The summed E-state index contributed by atoms with van der Waals surface area (Å²) in [5.41, 5.74) is 1.85. The van der Waals surface area contributed by atoms with Crippen molar-refractivity contribution in [1.29, 1.82) is 0 Å². The average Bonchev–Trinajstić information content (AvgIpc) is 3.00. The topological polar surface area (TPSA) is 54.3 Å². The van der Waals surface area contributed by atoms with Crippen LogP contribution in [0.4, 0.5) is 0 Å². The fourth-order valence-corrected chi connectivity index (χ4v) is 2.86. The molecule has 0 aliphatic carbocycles. The molecule has 1 atom stereocenters. The Morgan fingerprint density at radius 2 is 2.05 bits per heavy atom. The van der Waals surface area contributed by atoms with E-state index in [1.165, 1.54) is 6.33 Å². The molecule has 6 heteroatoms. The van der Waals surface area contributed by atoms with E-state index in [0.29, 0.717) is 6.54 Å². The summed E-state index contributed by atoms with van der Waals surface area (Å²) in [6.07, 6.45) is 3.21. The largest absolute Gasteiger partial charge is 0.333 e. The predicted octanol–water partition coefficient (Wildman–Crippen LogP) is 1.10. The number of hydrogen-bond donors (Lipinski definition) is 0. The summed E-state index contributed by atoms with van der Waals surface area (Å²) in [5.74, 6) is 0.118. The van der Waals surface area contributed by atoms with Crippen LogP contribution in [0.15, 0.2) is 36.9 Å². The molecule has 1 aromatic heterocycles. The van der Waals surface area contributed by atoms with Crippen LogP contribution in [-0.2, 0) is 6.54 Å². The molecule has 1 aliphatic rings. The molecule has 0 radical (unpaired) electrons. The zero-order chi connectivity index (χ0) is 15.5. The first-order chi connectivity index (χ1) is 10.6. The molecule has 0 unspecified atom stereocenters. The highest BCUT2D eigenvalue weighted by atomic mass is 16.2. The Morgan fingerprint density at radius 1 is 1.27 bits per heavy atom. The number of aromatic nitrogens is 3. The second-order valence-corrected chi connectivity index (χ2v) is 5.90. The van der Waals surface area contributed by atoms with E-state index in [-0.39, 0.29) is 11.9 Å². The first kappa shape index (κ1) is 14.7. The van der Waals surface area contributed by atoms with Crippen LogP contribution in [0.3, 0.4) is 0 Å². The highest BCUT2D eigenvalue weighted by Crippen LogP contribution is 2.14. The molecular formula is C16H21N5O. The lowest BCUT2D eigenvalue weighted by molar-refractivity contribution is 0.0533. The van der Waals surface area contributed by atoms with Crippen LogP contribution in [0.5, 0.6) is 0 Å². The van der Waals surface area contributed by atoms with E-state index in [4.69, 9.17) is 0 Å². The molecule has 0 N–H and O–H groups in total. The molecule has 1 aromatic carbocycles. The lowest BCUT2D eigenvalue weighted by Crippen LogP contribution is -2.52. The number of carbonyl (C=O) groups excluding carboxylic acids is 1. The highest BCUT2D eigenvalue weighted by molar-refractivity contribution is 5.94. The third kappa shape index (κ3) is 3.17. The third-order valence-electron chi connectivity index (χ3n) is 4.10. The van der Waals surface area contributed by atoms with Gasteiger partial charge in [0.05, 0.1) is 6.54 Å². The van der Waals surface area contributed by atoms with Gasteiger partial charge in [0, 0.05) is 31.2 Å². The molecule has 116 valence electrons. The minimum Gasteiger partial charge on any atom is -0.333 e. The van der Waals surface area contributed by atoms with E-state index in [9.17, 15) is 4.79 Å². The number of hydrogen-bond acceptors (Lipinski definition) is 4. The highest BCUT2D eigenvalue weighted by Gasteiger charge is 2.26. The van der Waals surface area contributed by atoms with Crippen LogP contribution >= 0.6 is 0 Å². The molecule has 0 bridgehead atoms. The fourth-order valence-electron chi connectivity index (χ4n) is 2.86. The van der Waals surface area contributed by atoms with Crippen LogP contribution in [-0.4, -0.2) is 63.2 Å². The predicted molar refractivity (Wildman–Crippen MR) is 83.6 cm³/mol. The number of amides is 1. The Hall–Kier alpha value is -2.21. The van der Waals surface area contributed by atoms with Crippen molar-refractivity contribution in [3.05, 3.63) is 48.0 Å². The minimum atomic E-state index is 0.118. The zero-order valence-electron chi connectivity index (χ0n) is 13.0. The Morgan fingerprint density at radius 3 is 2.68 bits per heavy atom. The van der Waals surface area contributed by atoms with Crippen molar-refractivity contribution in [2.24, 2.45) is 0 Å². The molecule has 2 aromatic rings. The maximum absolute atomic E-state index is 12.6. The van der Waals surface area contributed by atoms with Gasteiger partial charge in [-0.3, -0.25) is 4.79 Å². The van der Waals surface area contributed by atoms with Gasteiger partial charge in [0.25, 0.3) is 5.91 Å². The van der Waals surface area contributed by atoms with Crippen molar-refractivity contribution in [2.45, 2.75) is 19.5 Å². The Labute approximate surface area is 130 Å². The molecule has 1 amide bonds. The fraction of sp³-hybridized carbons (Fsp3) is 0.438. The molecule has 1 aliphatic heterocycles. The third-order valence-corrected chi connectivity index (χ3v) is 4.10. The summed E-state index contributed by atoms with van der Waals surface area (Å²) in [6.45, 7) is 5.42. The van der Waals surface area contributed by atoms with Gasteiger partial charge in [0.1, 0.15) is 12.7 Å². The van der Waals surface area contributed by atoms with E-state index >= 15 is 0 Å². The number of nitrogens with zero attached hydrogens (tertiary/aromatic N) is 5. The molecule has 22 heavy (non-hydrogen) atoms. The second-order valence-electron chi connectivity index (χ2n) is 5.90. The van der Waals surface area contributed by atoms with Crippen molar-refractivity contribution < 1.29 is 4.79 Å². The number of benzene rings is 1. The van der Waals surface area contributed by atoms with Crippen LogP contribution in [0.25, 0.3) is 0 Å². The van der Waals surface area contributed by atoms with Crippen molar-refractivity contribution in [2.75, 3.05) is 26.7 Å². The van der Waals surface area contributed by atoms with Crippen LogP contribution in [0.1, 0.15) is 22.8 Å². The molecule has 6 nitrogen and oxygen atoms in total. The molecular weight excluding hydrogens is 278 g/mol. The van der Waals surface area contributed by atoms with Crippen molar-refractivity contribution >= 4 is 5.91 Å². The van der Waals surface area contributed by atoms with Gasteiger partial charge >= 0.3 is 0 Å². The Kier molecular flexibility index (Phi) is 4.20. The lowest BCUT2D eigenvalue weighted by Gasteiger charge is -2.38.